The van der Waals surface area contributed by atoms with Crippen molar-refractivity contribution in [1.29, 1.82) is 0 Å². The molecule has 0 aliphatic rings. The third-order valence-corrected chi connectivity index (χ3v) is 7.40. The molecule has 1 aromatic carbocycles. The maximum absolute atomic E-state index is 14.6. The summed E-state index contributed by atoms with van der Waals surface area (Å²) < 4.78 is 43.0. The van der Waals surface area contributed by atoms with Crippen LogP contribution in [0.4, 0.5) is 4.39 Å². The maximum Gasteiger partial charge on any atom is 0.270 e. The molecular formula is C24H29ClFN5O3S. The van der Waals surface area contributed by atoms with Gasteiger partial charge in [0.2, 0.25) is 10.0 Å². The topological polar surface area (TPSA) is 96.3 Å². The van der Waals surface area contributed by atoms with Gasteiger partial charge in [-0.25, -0.2) is 26.9 Å². The first-order valence-electron chi connectivity index (χ1n) is 11.0. The van der Waals surface area contributed by atoms with Crippen molar-refractivity contribution in [2.24, 2.45) is 0 Å². The number of hydrogen-bond donors (Lipinski definition) is 2. The summed E-state index contributed by atoms with van der Waals surface area (Å²) in [6.45, 7) is 5.59. The first-order chi connectivity index (χ1) is 16.5. The van der Waals surface area contributed by atoms with Gasteiger partial charge >= 0.3 is 0 Å². The van der Waals surface area contributed by atoms with E-state index in [2.05, 4.69) is 15.1 Å². The smallest absolute Gasteiger partial charge is 0.270 e. The Kier molecular flexibility index (Phi) is 8.32. The Hall–Kier alpha value is -2.79. The molecule has 2 aromatic heterocycles. The molecule has 2 heterocycles. The van der Waals surface area contributed by atoms with Gasteiger partial charge in [0.1, 0.15) is 11.5 Å². The van der Waals surface area contributed by atoms with E-state index in [0.717, 1.165) is 4.31 Å². The van der Waals surface area contributed by atoms with E-state index < -0.39 is 15.9 Å². The zero-order valence-corrected chi connectivity index (χ0v) is 21.8. The summed E-state index contributed by atoms with van der Waals surface area (Å²) in [4.78, 5) is 19.7. The van der Waals surface area contributed by atoms with Crippen molar-refractivity contribution in [1.82, 2.24) is 24.0 Å². The van der Waals surface area contributed by atoms with Crippen LogP contribution < -0.4 is 10.2 Å². The highest BCUT2D eigenvalue weighted by Gasteiger charge is 2.23. The van der Waals surface area contributed by atoms with E-state index in [0.29, 0.717) is 27.9 Å². The van der Waals surface area contributed by atoms with Crippen molar-refractivity contribution >= 4 is 38.7 Å². The number of allylic oxidation sites excluding steroid dienone is 1. The van der Waals surface area contributed by atoms with Crippen LogP contribution in [0.5, 0.6) is 0 Å². The molecule has 0 aliphatic heterocycles. The Balaban J connectivity index is 2.26. The highest BCUT2D eigenvalue weighted by Crippen LogP contribution is 2.35. The average Bonchev–Trinajstić information content (AvgIpc) is 3.07. The fraction of sp³-hybridized carbons (Fsp3) is 0.333. The SMILES string of the molecule is Cc1c(-c2cccc(S(=O)(=O)N(C)C)c2)c2nc(C(=O)NC(C)C)ccc2n1C/C(F)=C/CNCl. The molecule has 3 rings (SSSR count). The normalized spacial score (nSPS) is 12.7. The minimum atomic E-state index is -3.68. The number of aromatic nitrogens is 2. The monoisotopic (exact) mass is 521 g/mol. The van der Waals surface area contributed by atoms with Crippen LogP contribution in [-0.2, 0) is 16.6 Å². The van der Waals surface area contributed by atoms with Crippen LogP contribution in [0, 0.1) is 6.92 Å². The van der Waals surface area contributed by atoms with Crippen molar-refractivity contribution in [3.8, 4) is 11.1 Å². The molecule has 2 N–H and O–H groups in total. The number of halogens is 2. The highest BCUT2D eigenvalue weighted by atomic mass is 35.5. The van der Waals surface area contributed by atoms with Gasteiger partial charge < -0.3 is 9.88 Å². The number of benzene rings is 1. The van der Waals surface area contributed by atoms with Crippen molar-refractivity contribution in [3.05, 3.63) is 59.7 Å². The van der Waals surface area contributed by atoms with E-state index in [4.69, 9.17) is 11.8 Å². The number of carbonyl (C=O) groups is 1. The van der Waals surface area contributed by atoms with Gasteiger partial charge in [-0.1, -0.05) is 12.1 Å². The number of hydrogen-bond acceptors (Lipinski definition) is 5. The highest BCUT2D eigenvalue weighted by molar-refractivity contribution is 7.89. The van der Waals surface area contributed by atoms with Crippen LogP contribution in [0.1, 0.15) is 30.0 Å². The third kappa shape index (κ3) is 5.72. The Morgan fingerprint density at radius 3 is 2.60 bits per heavy atom. The number of nitrogens with zero attached hydrogens (tertiary/aromatic N) is 3. The van der Waals surface area contributed by atoms with Crippen LogP contribution >= 0.6 is 11.8 Å². The van der Waals surface area contributed by atoms with E-state index in [1.165, 1.54) is 26.2 Å². The van der Waals surface area contributed by atoms with Crippen LogP contribution in [0.25, 0.3) is 22.2 Å². The number of amides is 1. The Morgan fingerprint density at radius 2 is 1.97 bits per heavy atom. The van der Waals surface area contributed by atoms with E-state index in [1.54, 1.807) is 34.9 Å². The number of carbonyl (C=O) groups excluding carboxylic acids is 1. The molecule has 0 fully saturated rings. The fourth-order valence-corrected chi connectivity index (χ4v) is 4.77. The molecule has 0 atom stereocenters. The minimum absolute atomic E-state index is 0.0736. The lowest BCUT2D eigenvalue weighted by molar-refractivity contribution is 0.0938. The van der Waals surface area contributed by atoms with Crippen LogP contribution in [-0.4, -0.2) is 54.9 Å². The van der Waals surface area contributed by atoms with Gasteiger partial charge in [0.05, 0.1) is 22.5 Å². The lowest BCUT2D eigenvalue weighted by Crippen LogP contribution is -2.30. The molecule has 0 aliphatic carbocycles. The number of sulfonamides is 1. The zero-order chi connectivity index (χ0) is 25.9. The second kappa shape index (κ2) is 10.9. The van der Waals surface area contributed by atoms with Gasteiger partial charge in [0.15, 0.2) is 0 Å². The Morgan fingerprint density at radius 1 is 1.26 bits per heavy atom. The third-order valence-electron chi connectivity index (χ3n) is 5.43. The van der Waals surface area contributed by atoms with Gasteiger partial charge in [-0.05, 0) is 68.5 Å². The van der Waals surface area contributed by atoms with E-state index in [9.17, 15) is 17.6 Å². The zero-order valence-electron chi connectivity index (χ0n) is 20.3. The molecule has 0 bridgehead atoms. The molecule has 11 heteroatoms. The van der Waals surface area contributed by atoms with Gasteiger partial charge in [-0.3, -0.25) is 4.79 Å². The molecule has 0 saturated heterocycles. The largest absolute Gasteiger partial charge is 0.349 e. The van der Waals surface area contributed by atoms with Crippen molar-refractivity contribution in [2.45, 2.75) is 38.3 Å². The summed E-state index contributed by atoms with van der Waals surface area (Å²) in [5, 5.41) is 2.82. The van der Waals surface area contributed by atoms with Gasteiger partial charge in [-0.2, -0.15) is 0 Å². The fourth-order valence-electron chi connectivity index (χ4n) is 3.74. The average molecular weight is 522 g/mol. The summed E-state index contributed by atoms with van der Waals surface area (Å²) >= 11 is 5.45. The number of nitrogens with one attached hydrogen (secondary N) is 2. The molecular weight excluding hydrogens is 493 g/mol. The summed E-state index contributed by atoms with van der Waals surface area (Å²) in [6, 6.07) is 9.74. The first kappa shape index (κ1) is 26.8. The summed E-state index contributed by atoms with van der Waals surface area (Å²) in [5.41, 5.74) is 3.19. The second-order valence-electron chi connectivity index (χ2n) is 8.54. The van der Waals surface area contributed by atoms with Crippen LogP contribution in [0.15, 0.2) is 53.2 Å². The molecule has 8 nitrogen and oxygen atoms in total. The molecule has 0 unspecified atom stereocenters. The quantitative estimate of drug-likeness (QED) is 0.415. The lowest BCUT2D eigenvalue weighted by Gasteiger charge is -2.13. The van der Waals surface area contributed by atoms with Crippen molar-refractivity contribution in [2.75, 3.05) is 20.6 Å². The Bertz CT molecular complexity index is 1380. The standard InChI is InChI=1S/C24H29ClFN5O3S/c1-15(2)28-24(32)20-9-10-21-23(29-20)22(16(3)31(21)14-18(26)11-12-27-25)17-7-6-8-19(13-17)35(33,34)30(4)5/h6-11,13,15,27H,12,14H2,1-5H3,(H,28,32)/b18-11-. The predicted molar refractivity (Wildman–Crippen MR) is 136 cm³/mol. The lowest BCUT2D eigenvalue weighted by atomic mass is 10.0. The molecule has 35 heavy (non-hydrogen) atoms. The Labute approximate surface area is 209 Å². The van der Waals surface area contributed by atoms with Crippen molar-refractivity contribution in [3.63, 3.8) is 0 Å². The maximum atomic E-state index is 14.6. The first-order valence-corrected chi connectivity index (χ1v) is 12.8. The molecule has 3 aromatic rings. The number of fused-ring (bicyclic) bond motifs is 1. The summed E-state index contributed by atoms with van der Waals surface area (Å²) in [6.07, 6.45) is 1.33. The molecule has 0 radical (unpaired) electrons. The number of rotatable bonds is 9. The van der Waals surface area contributed by atoms with Crippen molar-refractivity contribution < 1.29 is 17.6 Å². The molecule has 0 saturated carbocycles. The van der Waals surface area contributed by atoms with Gasteiger partial charge in [0, 0.05) is 37.9 Å². The van der Waals surface area contributed by atoms with E-state index in [1.807, 2.05) is 20.8 Å². The van der Waals surface area contributed by atoms with E-state index in [-0.39, 0.29) is 35.6 Å². The van der Waals surface area contributed by atoms with Crippen LogP contribution in [0.2, 0.25) is 0 Å². The number of pyridine rings is 1. The second-order valence-corrected chi connectivity index (χ2v) is 11.0. The summed E-state index contributed by atoms with van der Waals surface area (Å²) in [5.74, 6) is -0.739. The predicted octanol–water partition coefficient (Wildman–Crippen LogP) is 4.00. The summed E-state index contributed by atoms with van der Waals surface area (Å²) in [7, 11) is -0.751. The minimum Gasteiger partial charge on any atom is -0.349 e. The van der Waals surface area contributed by atoms with Crippen LogP contribution in [0.3, 0.4) is 0 Å². The molecule has 1 amide bonds. The molecule has 188 valence electrons. The molecule has 0 spiro atoms. The van der Waals surface area contributed by atoms with Gasteiger partial charge in [0.25, 0.3) is 5.91 Å². The van der Waals surface area contributed by atoms with E-state index >= 15 is 0 Å². The van der Waals surface area contributed by atoms with Gasteiger partial charge in [-0.15, -0.1) is 0 Å².